The second-order valence-electron chi connectivity index (χ2n) is 4.40. The molecule has 0 atom stereocenters. The Morgan fingerprint density at radius 3 is 2.64 bits per heavy atom. The van der Waals surface area contributed by atoms with Gasteiger partial charge in [-0.05, 0) is 25.1 Å². The van der Waals surface area contributed by atoms with Gasteiger partial charge in [0.05, 0.1) is 17.2 Å². The Balaban J connectivity index is 2.29. The van der Waals surface area contributed by atoms with E-state index in [0.717, 1.165) is 0 Å². The summed E-state index contributed by atoms with van der Waals surface area (Å²) in [6.45, 7) is 2.02. The van der Waals surface area contributed by atoms with Crippen LogP contribution >= 0.6 is 11.6 Å². The van der Waals surface area contributed by atoms with Crippen LogP contribution in [0.15, 0.2) is 36.4 Å². The molecule has 0 spiro atoms. The quantitative estimate of drug-likeness (QED) is 0.867. The summed E-state index contributed by atoms with van der Waals surface area (Å²) in [5, 5.41) is 9.13. The number of ether oxygens (including phenoxy) is 2. The van der Waals surface area contributed by atoms with Gasteiger partial charge in [-0.25, -0.2) is 9.18 Å². The lowest BCUT2D eigenvalue weighted by atomic mass is 10.2. The van der Waals surface area contributed by atoms with Crippen molar-refractivity contribution < 1.29 is 23.8 Å². The van der Waals surface area contributed by atoms with Crippen molar-refractivity contribution >= 4 is 17.6 Å². The average Bonchev–Trinajstić information content (AvgIpc) is 2.48. The lowest BCUT2D eigenvalue weighted by Gasteiger charge is -2.14. The van der Waals surface area contributed by atoms with Gasteiger partial charge >= 0.3 is 5.97 Å². The molecule has 0 bridgehead atoms. The van der Waals surface area contributed by atoms with E-state index >= 15 is 0 Å². The standard InChI is InChI=1S/C16H14ClFO4/c1-2-21-14-8-11(16(19)20)7-12(17)15(14)22-9-10-5-3-4-6-13(10)18/h3-8H,2,9H2,1H3,(H,19,20). The molecule has 2 aromatic rings. The van der Waals surface area contributed by atoms with E-state index in [1.165, 1.54) is 18.2 Å². The van der Waals surface area contributed by atoms with Gasteiger partial charge in [0.1, 0.15) is 12.4 Å². The van der Waals surface area contributed by atoms with Crippen molar-refractivity contribution in [3.8, 4) is 11.5 Å². The minimum Gasteiger partial charge on any atom is -0.490 e. The van der Waals surface area contributed by atoms with Crippen LogP contribution in [-0.4, -0.2) is 17.7 Å². The van der Waals surface area contributed by atoms with Crippen LogP contribution in [0.3, 0.4) is 0 Å². The van der Waals surface area contributed by atoms with Gasteiger partial charge in [0.25, 0.3) is 0 Å². The maximum atomic E-state index is 13.6. The smallest absolute Gasteiger partial charge is 0.335 e. The summed E-state index contributed by atoms with van der Waals surface area (Å²) in [4.78, 5) is 11.0. The topological polar surface area (TPSA) is 55.8 Å². The van der Waals surface area contributed by atoms with Gasteiger partial charge in [0.15, 0.2) is 11.5 Å². The van der Waals surface area contributed by atoms with Crippen LogP contribution in [0, 0.1) is 5.82 Å². The molecule has 0 saturated carbocycles. The van der Waals surface area contributed by atoms with E-state index in [9.17, 15) is 9.18 Å². The Bertz CT molecular complexity index is 688. The fourth-order valence-electron chi connectivity index (χ4n) is 1.86. The maximum Gasteiger partial charge on any atom is 0.335 e. The molecule has 116 valence electrons. The number of carbonyl (C=O) groups is 1. The summed E-state index contributed by atoms with van der Waals surface area (Å²) >= 11 is 6.06. The molecule has 6 heteroatoms. The van der Waals surface area contributed by atoms with Crippen LogP contribution in [0.25, 0.3) is 0 Å². The summed E-state index contributed by atoms with van der Waals surface area (Å²) in [6, 6.07) is 8.80. The molecule has 2 aromatic carbocycles. The van der Waals surface area contributed by atoms with E-state index in [0.29, 0.717) is 12.2 Å². The Labute approximate surface area is 132 Å². The Hall–Kier alpha value is -2.27. The highest BCUT2D eigenvalue weighted by Crippen LogP contribution is 2.37. The Morgan fingerprint density at radius 2 is 2.00 bits per heavy atom. The summed E-state index contributed by atoms with van der Waals surface area (Å²) in [5.74, 6) is -1.11. The number of aromatic carboxylic acids is 1. The molecule has 0 aliphatic heterocycles. The molecule has 0 fully saturated rings. The van der Waals surface area contributed by atoms with Gasteiger partial charge in [-0.1, -0.05) is 29.8 Å². The molecule has 22 heavy (non-hydrogen) atoms. The first-order chi connectivity index (χ1) is 10.5. The molecule has 0 unspecified atom stereocenters. The zero-order valence-corrected chi connectivity index (χ0v) is 12.6. The third-order valence-corrected chi connectivity index (χ3v) is 3.17. The van der Waals surface area contributed by atoms with Gasteiger partial charge in [-0.3, -0.25) is 0 Å². The first-order valence-electron chi connectivity index (χ1n) is 6.58. The number of halogens is 2. The summed E-state index contributed by atoms with van der Waals surface area (Å²) in [6.07, 6.45) is 0. The molecule has 4 nitrogen and oxygen atoms in total. The molecule has 1 N–H and O–H groups in total. The van der Waals surface area contributed by atoms with E-state index < -0.39 is 11.8 Å². The predicted molar refractivity (Wildman–Crippen MR) is 80.3 cm³/mol. The Morgan fingerprint density at radius 1 is 1.27 bits per heavy atom. The van der Waals surface area contributed by atoms with Crippen molar-refractivity contribution in [2.24, 2.45) is 0 Å². The third kappa shape index (κ3) is 3.68. The fraction of sp³-hybridized carbons (Fsp3) is 0.188. The van der Waals surface area contributed by atoms with Crippen LogP contribution in [0.1, 0.15) is 22.8 Å². The molecular weight excluding hydrogens is 311 g/mol. The lowest BCUT2D eigenvalue weighted by molar-refractivity contribution is 0.0696. The molecule has 0 aliphatic carbocycles. The van der Waals surface area contributed by atoms with E-state index in [-0.39, 0.29) is 28.7 Å². The Kier molecular flexibility index (Phi) is 5.22. The van der Waals surface area contributed by atoms with Crippen LogP contribution in [-0.2, 0) is 6.61 Å². The van der Waals surface area contributed by atoms with Crippen LogP contribution in [0.5, 0.6) is 11.5 Å². The van der Waals surface area contributed by atoms with Crippen molar-refractivity contribution in [1.82, 2.24) is 0 Å². The van der Waals surface area contributed by atoms with Crippen molar-refractivity contribution in [3.63, 3.8) is 0 Å². The van der Waals surface area contributed by atoms with Crippen molar-refractivity contribution in [2.45, 2.75) is 13.5 Å². The minimum atomic E-state index is -1.12. The highest BCUT2D eigenvalue weighted by Gasteiger charge is 2.16. The molecule has 0 heterocycles. The van der Waals surface area contributed by atoms with Crippen molar-refractivity contribution in [2.75, 3.05) is 6.61 Å². The monoisotopic (exact) mass is 324 g/mol. The second-order valence-corrected chi connectivity index (χ2v) is 4.81. The summed E-state index contributed by atoms with van der Waals surface area (Å²) in [5.41, 5.74) is 0.356. The minimum absolute atomic E-state index is 0.00769. The second kappa shape index (κ2) is 7.13. The number of carboxylic acids is 1. The first-order valence-corrected chi connectivity index (χ1v) is 6.96. The number of carboxylic acid groups (broad SMARTS) is 1. The van der Waals surface area contributed by atoms with Crippen LogP contribution < -0.4 is 9.47 Å². The van der Waals surface area contributed by atoms with E-state index in [1.54, 1.807) is 25.1 Å². The van der Waals surface area contributed by atoms with Crippen LogP contribution in [0.2, 0.25) is 5.02 Å². The number of rotatable bonds is 6. The van der Waals surface area contributed by atoms with E-state index in [2.05, 4.69) is 0 Å². The SMILES string of the molecule is CCOc1cc(C(=O)O)cc(Cl)c1OCc1ccccc1F. The van der Waals surface area contributed by atoms with Gasteiger partial charge in [-0.2, -0.15) is 0 Å². The molecule has 0 aliphatic rings. The summed E-state index contributed by atoms with van der Waals surface area (Å²) in [7, 11) is 0. The molecular formula is C16H14ClFO4. The van der Waals surface area contributed by atoms with Crippen molar-refractivity contribution in [1.29, 1.82) is 0 Å². The predicted octanol–water partition coefficient (Wildman–Crippen LogP) is 4.16. The highest BCUT2D eigenvalue weighted by atomic mass is 35.5. The number of hydrogen-bond donors (Lipinski definition) is 1. The number of hydrogen-bond acceptors (Lipinski definition) is 3. The van der Waals surface area contributed by atoms with Gasteiger partial charge in [0, 0.05) is 5.56 Å². The van der Waals surface area contributed by atoms with Crippen molar-refractivity contribution in [3.05, 3.63) is 58.4 Å². The zero-order chi connectivity index (χ0) is 16.1. The van der Waals surface area contributed by atoms with Gasteiger partial charge in [0.2, 0.25) is 0 Å². The zero-order valence-electron chi connectivity index (χ0n) is 11.8. The van der Waals surface area contributed by atoms with Crippen LogP contribution in [0.4, 0.5) is 4.39 Å². The fourth-order valence-corrected chi connectivity index (χ4v) is 2.13. The number of benzene rings is 2. The molecule has 0 aromatic heterocycles. The average molecular weight is 325 g/mol. The molecule has 0 amide bonds. The molecule has 0 saturated heterocycles. The van der Waals surface area contributed by atoms with E-state index in [1.807, 2.05) is 0 Å². The molecule has 0 radical (unpaired) electrons. The summed E-state index contributed by atoms with van der Waals surface area (Å²) < 4.78 is 24.5. The van der Waals surface area contributed by atoms with Gasteiger partial charge < -0.3 is 14.6 Å². The largest absolute Gasteiger partial charge is 0.490 e. The third-order valence-electron chi connectivity index (χ3n) is 2.89. The normalized spacial score (nSPS) is 10.3. The van der Waals surface area contributed by atoms with E-state index in [4.69, 9.17) is 26.2 Å². The maximum absolute atomic E-state index is 13.6. The molecule has 2 rings (SSSR count). The highest BCUT2D eigenvalue weighted by molar-refractivity contribution is 6.32. The van der Waals surface area contributed by atoms with Gasteiger partial charge in [-0.15, -0.1) is 0 Å². The first kappa shape index (κ1) is 16.1. The lowest BCUT2D eigenvalue weighted by Crippen LogP contribution is -2.04.